The van der Waals surface area contributed by atoms with Gasteiger partial charge in [0, 0.05) is 18.0 Å². The number of anilines is 1. The van der Waals surface area contributed by atoms with Crippen molar-refractivity contribution in [2.24, 2.45) is 5.14 Å². The van der Waals surface area contributed by atoms with E-state index >= 15 is 0 Å². The van der Waals surface area contributed by atoms with E-state index < -0.39 is 15.9 Å². The van der Waals surface area contributed by atoms with Gasteiger partial charge in [-0.15, -0.1) is 0 Å². The minimum absolute atomic E-state index is 0.0866. The molecule has 0 saturated heterocycles. The van der Waals surface area contributed by atoms with Crippen LogP contribution in [0.1, 0.15) is 5.69 Å². The molecule has 0 atom stereocenters. The normalized spacial score (nSPS) is 11.8. The lowest BCUT2D eigenvalue weighted by Gasteiger charge is -2.09. The number of hydrogen-bond acceptors (Lipinski definition) is 5. The number of methoxy groups -OCH3 is 1. The van der Waals surface area contributed by atoms with Gasteiger partial charge in [0.05, 0.1) is 12.8 Å². The summed E-state index contributed by atoms with van der Waals surface area (Å²) in [6.07, 6.45) is 4.55. The van der Waals surface area contributed by atoms with Gasteiger partial charge in [0.2, 0.25) is 15.9 Å². The predicted molar refractivity (Wildman–Crippen MR) is 102 cm³/mol. The number of primary sulfonamides is 1. The number of benzene rings is 1. The second-order valence-corrected chi connectivity index (χ2v) is 7.34. The van der Waals surface area contributed by atoms with Gasteiger partial charge in [-0.3, -0.25) is 9.20 Å². The van der Waals surface area contributed by atoms with Gasteiger partial charge in [-0.25, -0.2) is 18.5 Å². The molecule has 3 rings (SSSR count). The Morgan fingerprint density at radius 1 is 1.33 bits per heavy atom. The molecule has 27 heavy (non-hydrogen) atoms. The van der Waals surface area contributed by atoms with Crippen LogP contribution in [0.4, 0.5) is 5.69 Å². The third kappa shape index (κ3) is 4.11. The number of hydrogen-bond donors (Lipinski definition) is 2. The van der Waals surface area contributed by atoms with Crippen molar-refractivity contribution in [1.29, 1.82) is 0 Å². The molecule has 0 bridgehead atoms. The Bertz CT molecular complexity index is 1150. The molecule has 0 fully saturated rings. The lowest BCUT2D eigenvalue weighted by molar-refractivity contribution is -0.111. The highest BCUT2D eigenvalue weighted by atomic mass is 35.5. The van der Waals surface area contributed by atoms with E-state index in [9.17, 15) is 13.2 Å². The second kappa shape index (κ2) is 7.39. The summed E-state index contributed by atoms with van der Waals surface area (Å²) < 4.78 is 30.0. The topological polar surface area (TPSA) is 116 Å². The van der Waals surface area contributed by atoms with E-state index in [-0.39, 0.29) is 21.5 Å². The zero-order chi connectivity index (χ0) is 19.6. The molecule has 0 unspecified atom stereocenters. The zero-order valence-corrected chi connectivity index (χ0v) is 15.7. The van der Waals surface area contributed by atoms with Crippen LogP contribution in [-0.4, -0.2) is 30.8 Å². The molecule has 2 aromatic heterocycles. The molecule has 0 spiro atoms. The monoisotopic (exact) mass is 406 g/mol. The quantitative estimate of drug-likeness (QED) is 0.630. The molecule has 3 aromatic rings. The molecule has 2 heterocycles. The van der Waals surface area contributed by atoms with Gasteiger partial charge in [-0.2, -0.15) is 0 Å². The highest BCUT2D eigenvalue weighted by molar-refractivity contribution is 7.89. The Balaban J connectivity index is 1.84. The number of ether oxygens (including phenoxy) is 1. The van der Waals surface area contributed by atoms with Gasteiger partial charge in [0.25, 0.3) is 0 Å². The number of aromatic nitrogens is 2. The number of amides is 1. The van der Waals surface area contributed by atoms with Crippen molar-refractivity contribution in [3.8, 4) is 5.75 Å². The molecule has 1 amide bonds. The van der Waals surface area contributed by atoms with E-state index in [4.69, 9.17) is 21.5 Å². The maximum Gasteiger partial charge on any atom is 0.248 e. The van der Waals surface area contributed by atoms with E-state index in [1.54, 1.807) is 16.7 Å². The lowest BCUT2D eigenvalue weighted by Crippen LogP contribution is -2.15. The van der Waals surface area contributed by atoms with Crippen molar-refractivity contribution in [1.82, 2.24) is 9.38 Å². The summed E-state index contributed by atoms with van der Waals surface area (Å²) in [5, 5.41) is 7.98. The van der Waals surface area contributed by atoms with Crippen molar-refractivity contribution in [2.45, 2.75) is 4.90 Å². The van der Waals surface area contributed by atoms with E-state index in [1.165, 1.54) is 37.5 Å². The number of nitrogens with one attached hydrogen (secondary N) is 1. The summed E-state index contributed by atoms with van der Waals surface area (Å²) in [6, 6.07) is 9.55. The Morgan fingerprint density at radius 3 is 2.81 bits per heavy atom. The molecule has 8 nitrogen and oxygen atoms in total. The summed E-state index contributed by atoms with van der Waals surface area (Å²) in [7, 11) is -2.68. The van der Waals surface area contributed by atoms with Crippen LogP contribution >= 0.6 is 11.6 Å². The molecule has 0 saturated carbocycles. The fourth-order valence-corrected chi connectivity index (χ4v) is 3.41. The molecule has 0 aliphatic rings. The third-order valence-electron chi connectivity index (χ3n) is 3.65. The number of halogens is 1. The fourth-order valence-electron chi connectivity index (χ4n) is 2.45. The maximum absolute atomic E-state index is 12.2. The number of carbonyl (C=O) groups is 1. The van der Waals surface area contributed by atoms with Gasteiger partial charge in [0.1, 0.15) is 16.3 Å². The van der Waals surface area contributed by atoms with Gasteiger partial charge >= 0.3 is 0 Å². The minimum Gasteiger partial charge on any atom is -0.495 e. The van der Waals surface area contributed by atoms with E-state index in [0.717, 1.165) is 0 Å². The highest BCUT2D eigenvalue weighted by Crippen LogP contribution is 2.26. The molecular weight excluding hydrogens is 392 g/mol. The van der Waals surface area contributed by atoms with E-state index in [2.05, 4.69) is 10.3 Å². The number of rotatable bonds is 5. The van der Waals surface area contributed by atoms with Crippen molar-refractivity contribution < 1.29 is 17.9 Å². The minimum atomic E-state index is -4.00. The first-order chi connectivity index (χ1) is 12.8. The van der Waals surface area contributed by atoms with Crippen molar-refractivity contribution in [3.63, 3.8) is 0 Å². The molecule has 0 radical (unpaired) electrons. The average Bonchev–Trinajstić information content (AvgIpc) is 2.94. The standard InChI is InChI=1S/C17H15ClN4O4S/c1-26-13-7-5-11(10-14(13)27(19,24)25)20-16(23)8-6-12-17(18)21-15-4-2-3-9-22(12)15/h2-10H,1H3,(H,20,23)(H2,19,24,25)/b8-6+. The van der Waals surface area contributed by atoms with Crippen LogP contribution in [0.2, 0.25) is 5.15 Å². The number of imidazole rings is 1. The summed E-state index contributed by atoms with van der Waals surface area (Å²) >= 11 is 6.11. The van der Waals surface area contributed by atoms with Gasteiger partial charge in [-0.1, -0.05) is 17.7 Å². The Labute approximate surface area is 160 Å². The number of fused-ring (bicyclic) bond motifs is 1. The van der Waals surface area contributed by atoms with Crippen LogP contribution < -0.4 is 15.2 Å². The first kappa shape index (κ1) is 18.9. The van der Waals surface area contributed by atoms with Crippen molar-refractivity contribution in [2.75, 3.05) is 12.4 Å². The van der Waals surface area contributed by atoms with Crippen LogP contribution in [0.15, 0.2) is 53.6 Å². The summed E-state index contributed by atoms with van der Waals surface area (Å²) in [5.41, 5.74) is 1.44. The predicted octanol–water partition coefficient (Wildman–Crippen LogP) is 2.30. The number of carbonyl (C=O) groups excluding carboxylic acids is 1. The number of pyridine rings is 1. The summed E-state index contributed by atoms with van der Waals surface area (Å²) in [4.78, 5) is 16.1. The molecule has 0 aliphatic heterocycles. The largest absolute Gasteiger partial charge is 0.495 e. The number of nitrogens with zero attached hydrogens (tertiary/aromatic N) is 2. The lowest BCUT2D eigenvalue weighted by atomic mass is 10.3. The van der Waals surface area contributed by atoms with E-state index in [1.807, 2.05) is 12.1 Å². The van der Waals surface area contributed by atoms with Crippen LogP contribution in [0, 0.1) is 0 Å². The van der Waals surface area contributed by atoms with Gasteiger partial charge in [-0.05, 0) is 36.4 Å². The molecule has 0 aliphatic carbocycles. The first-order valence-electron chi connectivity index (χ1n) is 7.62. The van der Waals surface area contributed by atoms with Gasteiger partial charge in [0.15, 0.2) is 5.15 Å². The average molecular weight is 407 g/mol. The SMILES string of the molecule is COc1ccc(NC(=O)/C=C/c2c(Cl)nc3ccccn23)cc1S(N)(=O)=O. The summed E-state index contributed by atoms with van der Waals surface area (Å²) in [6.45, 7) is 0. The second-order valence-electron chi connectivity index (χ2n) is 5.45. The maximum atomic E-state index is 12.2. The summed E-state index contributed by atoms with van der Waals surface area (Å²) in [5.74, 6) is -0.397. The highest BCUT2D eigenvalue weighted by Gasteiger charge is 2.16. The van der Waals surface area contributed by atoms with Crippen LogP contribution in [0.3, 0.4) is 0 Å². The van der Waals surface area contributed by atoms with Crippen molar-refractivity contribution in [3.05, 3.63) is 59.5 Å². The molecule has 3 N–H and O–H groups in total. The van der Waals surface area contributed by atoms with E-state index in [0.29, 0.717) is 11.3 Å². The van der Waals surface area contributed by atoms with Crippen molar-refractivity contribution >= 4 is 44.9 Å². The molecule has 10 heteroatoms. The zero-order valence-electron chi connectivity index (χ0n) is 14.1. The van der Waals surface area contributed by atoms with Gasteiger partial charge < -0.3 is 10.1 Å². The number of nitrogens with two attached hydrogens (primary N) is 1. The number of sulfonamides is 1. The molecular formula is C17H15ClN4O4S. The Morgan fingerprint density at radius 2 is 2.11 bits per heavy atom. The third-order valence-corrected chi connectivity index (χ3v) is 4.86. The Kier molecular flexibility index (Phi) is 5.17. The smallest absolute Gasteiger partial charge is 0.248 e. The fraction of sp³-hybridized carbons (Fsp3) is 0.0588. The Hall–Kier alpha value is -2.88. The van der Waals surface area contributed by atoms with Crippen LogP contribution in [-0.2, 0) is 14.8 Å². The molecule has 1 aromatic carbocycles. The van der Waals surface area contributed by atoms with Crippen LogP contribution in [0.25, 0.3) is 11.7 Å². The van der Waals surface area contributed by atoms with Crippen LogP contribution in [0.5, 0.6) is 5.75 Å². The first-order valence-corrected chi connectivity index (χ1v) is 9.54. The molecule has 140 valence electrons.